The fourth-order valence-corrected chi connectivity index (χ4v) is 5.43. The first-order valence-electron chi connectivity index (χ1n) is 9.86. The van der Waals surface area contributed by atoms with Crippen molar-refractivity contribution in [2.24, 2.45) is 7.05 Å². The number of nitrogens with zero attached hydrogens (tertiary/aromatic N) is 4. The number of amides is 1. The van der Waals surface area contributed by atoms with Gasteiger partial charge in [0, 0.05) is 56.3 Å². The summed E-state index contributed by atoms with van der Waals surface area (Å²) in [7, 11) is -2.08. The van der Waals surface area contributed by atoms with Gasteiger partial charge in [-0.2, -0.15) is 9.40 Å². The van der Waals surface area contributed by atoms with E-state index in [1.54, 1.807) is 37.0 Å². The summed E-state index contributed by atoms with van der Waals surface area (Å²) in [6, 6.07) is 3.23. The molecule has 3 aromatic rings. The molecular weight excluding hydrogens is 418 g/mol. The molecule has 10 nitrogen and oxygen atoms in total. The predicted molar refractivity (Wildman–Crippen MR) is 115 cm³/mol. The highest BCUT2D eigenvalue weighted by Crippen LogP contribution is 2.27. The molecule has 0 spiro atoms. The number of nitrogens with one attached hydrogen (secondary N) is 2. The van der Waals surface area contributed by atoms with Crippen molar-refractivity contribution in [3.63, 3.8) is 0 Å². The molecule has 31 heavy (non-hydrogen) atoms. The molecule has 0 fully saturated rings. The lowest BCUT2D eigenvalue weighted by atomic mass is 10.1. The van der Waals surface area contributed by atoms with E-state index >= 15 is 0 Å². The molecule has 0 atom stereocenters. The van der Waals surface area contributed by atoms with Gasteiger partial charge in [0.1, 0.15) is 16.4 Å². The second kappa shape index (κ2) is 7.82. The summed E-state index contributed by atoms with van der Waals surface area (Å²) < 4.78 is 29.7. The van der Waals surface area contributed by atoms with Gasteiger partial charge in [-0.25, -0.2) is 13.4 Å². The highest BCUT2D eigenvalue weighted by atomic mass is 32.2. The summed E-state index contributed by atoms with van der Waals surface area (Å²) in [5.41, 5.74) is 10.1. The summed E-state index contributed by atoms with van der Waals surface area (Å²) in [6.45, 7) is 4.41. The number of carbonyl (C=O) groups is 1. The Kier molecular flexibility index (Phi) is 5.31. The minimum Gasteiger partial charge on any atom is -0.383 e. The Hall–Kier alpha value is -3.18. The molecule has 0 aliphatic carbocycles. The van der Waals surface area contributed by atoms with Crippen molar-refractivity contribution in [1.82, 2.24) is 29.4 Å². The van der Waals surface area contributed by atoms with Gasteiger partial charge in [0.05, 0.1) is 6.20 Å². The molecule has 0 unspecified atom stereocenters. The highest BCUT2D eigenvalue weighted by molar-refractivity contribution is 7.89. The van der Waals surface area contributed by atoms with Crippen LogP contribution in [0, 0.1) is 13.8 Å². The van der Waals surface area contributed by atoms with Crippen LogP contribution < -0.4 is 11.1 Å². The van der Waals surface area contributed by atoms with Crippen LogP contribution in [0.5, 0.6) is 0 Å². The Bertz CT molecular complexity index is 1260. The minimum atomic E-state index is -3.76. The topological polar surface area (TPSA) is 139 Å². The normalized spacial score (nSPS) is 14.4. The van der Waals surface area contributed by atoms with E-state index in [9.17, 15) is 13.2 Å². The average Bonchev–Trinajstić information content (AvgIpc) is 3.33. The van der Waals surface area contributed by atoms with Gasteiger partial charge in [-0.05, 0) is 37.1 Å². The van der Waals surface area contributed by atoms with Crippen molar-refractivity contribution in [2.75, 3.05) is 12.3 Å². The molecule has 164 valence electrons. The Morgan fingerprint density at radius 3 is 2.90 bits per heavy atom. The molecule has 4 rings (SSSR count). The molecule has 0 saturated carbocycles. The van der Waals surface area contributed by atoms with Crippen molar-refractivity contribution < 1.29 is 13.2 Å². The number of aromatic amines is 1. The lowest BCUT2D eigenvalue weighted by Gasteiger charge is -2.25. The van der Waals surface area contributed by atoms with Gasteiger partial charge in [0.25, 0.3) is 5.91 Å². The van der Waals surface area contributed by atoms with Gasteiger partial charge in [0.15, 0.2) is 0 Å². The van der Waals surface area contributed by atoms with Crippen LogP contribution in [-0.4, -0.2) is 44.9 Å². The molecule has 3 aromatic heterocycles. The van der Waals surface area contributed by atoms with E-state index in [0.29, 0.717) is 24.5 Å². The monoisotopic (exact) mass is 443 g/mol. The number of nitrogen functional groups attached to an aromatic ring is 1. The number of fused-ring (bicyclic) bond motifs is 1. The first kappa shape index (κ1) is 21.1. The van der Waals surface area contributed by atoms with E-state index in [1.807, 2.05) is 6.92 Å². The lowest BCUT2D eigenvalue weighted by molar-refractivity contribution is 0.0942. The molecule has 1 amide bonds. The van der Waals surface area contributed by atoms with E-state index in [2.05, 4.69) is 20.5 Å². The summed E-state index contributed by atoms with van der Waals surface area (Å²) in [5, 5.41) is 9.74. The number of pyridine rings is 1. The quantitative estimate of drug-likeness (QED) is 0.538. The zero-order valence-corrected chi connectivity index (χ0v) is 18.5. The lowest BCUT2D eigenvalue weighted by Crippen LogP contribution is -2.35. The number of sulfonamides is 1. The molecule has 0 bridgehead atoms. The summed E-state index contributed by atoms with van der Waals surface area (Å²) in [6.07, 6.45) is 3.81. The smallest absolute Gasteiger partial charge is 0.268 e. The van der Waals surface area contributed by atoms with Crippen molar-refractivity contribution in [3.05, 3.63) is 58.3 Å². The standard InChI is InChI=1S/C20H25N7O3S/c1-12-14(4-6-22-19(12)21)9-23-20(28)17-8-18(13(2)26(17)3)31(29,30)27-7-5-16-15(11-27)10-24-25-16/h4,6,8,10H,5,7,9,11H2,1-3H3,(H2,21,22)(H,23,28)(H,24,25). The number of hydrogen-bond acceptors (Lipinski definition) is 6. The highest BCUT2D eigenvalue weighted by Gasteiger charge is 2.32. The molecule has 0 saturated heterocycles. The fraction of sp³-hybridized carbons (Fsp3) is 0.350. The van der Waals surface area contributed by atoms with Crippen LogP contribution in [0.3, 0.4) is 0 Å². The molecule has 4 N–H and O–H groups in total. The number of nitrogens with two attached hydrogens (primary N) is 1. The van der Waals surface area contributed by atoms with Gasteiger partial charge < -0.3 is 15.6 Å². The van der Waals surface area contributed by atoms with E-state index < -0.39 is 10.0 Å². The van der Waals surface area contributed by atoms with Gasteiger partial charge in [-0.3, -0.25) is 9.89 Å². The van der Waals surface area contributed by atoms with Crippen LogP contribution in [0.1, 0.15) is 38.6 Å². The van der Waals surface area contributed by atoms with E-state index in [4.69, 9.17) is 5.73 Å². The first-order valence-corrected chi connectivity index (χ1v) is 11.3. The van der Waals surface area contributed by atoms with Crippen LogP contribution in [0.15, 0.2) is 29.4 Å². The number of hydrogen-bond donors (Lipinski definition) is 3. The molecule has 4 heterocycles. The zero-order chi connectivity index (χ0) is 22.3. The summed E-state index contributed by atoms with van der Waals surface area (Å²) >= 11 is 0. The Labute approximate surface area is 180 Å². The molecular formula is C20H25N7O3S. The van der Waals surface area contributed by atoms with Crippen molar-refractivity contribution >= 4 is 21.7 Å². The Balaban J connectivity index is 1.56. The third kappa shape index (κ3) is 3.70. The SMILES string of the molecule is Cc1c(CNC(=O)c2cc(S(=O)(=O)N3CCc4[nH]ncc4C3)c(C)n2C)ccnc1N. The number of carbonyl (C=O) groups excluding carboxylic acids is 1. The molecule has 0 radical (unpaired) electrons. The Morgan fingerprint density at radius 2 is 2.13 bits per heavy atom. The van der Waals surface area contributed by atoms with Crippen LogP contribution >= 0.6 is 0 Å². The second-order valence-electron chi connectivity index (χ2n) is 7.66. The number of rotatable bonds is 5. The molecule has 11 heteroatoms. The molecule has 1 aliphatic heterocycles. The van der Waals surface area contributed by atoms with Crippen LogP contribution in [0.25, 0.3) is 0 Å². The minimum absolute atomic E-state index is 0.136. The van der Waals surface area contributed by atoms with E-state index in [1.165, 1.54) is 10.4 Å². The van der Waals surface area contributed by atoms with Gasteiger partial charge >= 0.3 is 0 Å². The van der Waals surface area contributed by atoms with Crippen LogP contribution in [-0.2, 0) is 36.6 Å². The van der Waals surface area contributed by atoms with Crippen LogP contribution in [0.2, 0.25) is 0 Å². The number of aromatic nitrogens is 4. The van der Waals surface area contributed by atoms with Crippen LogP contribution in [0.4, 0.5) is 5.82 Å². The predicted octanol–water partition coefficient (Wildman–Crippen LogP) is 1.02. The number of H-pyrrole nitrogens is 1. The summed E-state index contributed by atoms with van der Waals surface area (Å²) in [5.74, 6) is 0.0507. The van der Waals surface area contributed by atoms with Crippen molar-refractivity contribution in [3.8, 4) is 0 Å². The second-order valence-corrected chi connectivity index (χ2v) is 9.57. The maximum atomic E-state index is 13.3. The molecule has 1 aliphatic rings. The van der Waals surface area contributed by atoms with Gasteiger partial charge in [-0.15, -0.1) is 0 Å². The zero-order valence-electron chi connectivity index (χ0n) is 17.6. The third-order valence-electron chi connectivity index (χ3n) is 5.90. The maximum Gasteiger partial charge on any atom is 0.268 e. The summed E-state index contributed by atoms with van der Waals surface area (Å²) in [4.78, 5) is 17.0. The fourth-order valence-electron chi connectivity index (χ4n) is 3.74. The average molecular weight is 444 g/mol. The van der Waals surface area contributed by atoms with Gasteiger partial charge in [0.2, 0.25) is 10.0 Å². The third-order valence-corrected chi connectivity index (χ3v) is 7.86. The number of anilines is 1. The van der Waals surface area contributed by atoms with E-state index in [-0.39, 0.29) is 29.6 Å². The maximum absolute atomic E-state index is 13.3. The largest absolute Gasteiger partial charge is 0.383 e. The molecule has 0 aromatic carbocycles. The van der Waals surface area contributed by atoms with Crippen molar-refractivity contribution in [1.29, 1.82) is 0 Å². The van der Waals surface area contributed by atoms with Gasteiger partial charge in [-0.1, -0.05) is 0 Å². The van der Waals surface area contributed by atoms with E-state index in [0.717, 1.165) is 22.4 Å². The first-order chi connectivity index (χ1) is 14.7. The Morgan fingerprint density at radius 1 is 1.35 bits per heavy atom. The van der Waals surface area contributed by atoms with Crippen molar-refractivity contribution in [2.45, 2.75) is 38.3 Å².